The molecule has 0 atom stereocenters. The van der Waals surface area contributed by atoms with E-state index in [1.54, 1.807) is 19.9 Å². The van der Waals surface area contributed by atoms with Gasteiger partial charge in [0.15, 0.2) is 0 Å². The molecular formula is C15H17BrFN3O3. The smallest absolute Gasteiger partial charge is 0.324 e. The molecule has 0 bridgehead atoms. The van der Waals surface area contributed by atoms with E-state index >= 15 is 0 Å². The van der Waals surface area contributed by atoms with Crippen LogP contribution in [-0.2, 0) is 9.59 Å². The molecule has 1 aromatic rings. The Bertz CT molecular complexity index is 663. The van der Waals surface area contributed by atoms with Crippen LogP contribution in [0.25, 0.3) is 0 Å². The van der Waals surface area contributed by atoms with Gasteiger partial charge in [0, 0.05) is 17.4 Å². The zero-order valence-electron chi connectivity index (χ0n) is 12.8. The molecule has 0 aliphatic carbocycles. The molecule has 0 spiro atoms. The molecule has 1 heterocycles. The summed E-state index contributed by atoms with van der Waals surface area (Å²) in [4.78, 5) is 36.6. The molecule has 0 radical (unpaired) electrons. The number of anilines is 1. The van der Waals surface area contributed by atoms with Gasteiger partial charge in [-0.05, 0) is 38.5 Å². The van der Waals surface area contributed by atoms with Gasteiger partial charge in [-0.25, -0.2) is 9.18 Å². The number of nitrogens with zero attached hydrogens (tertiary/aromatic N) is 1. The molecule has 4 amide bonds. The van der Waals surface area contributed by atoms with Gasteiger partial charge in [0.1, 0.15) is 11.4 Å². The van der Waals surface area contributed by atoms with Crippen LogP contribution in [0.2, 0.25) is 0 Å². The van der Waals surface area contributed by atoms with Crippen molar-refractivity contribution in [1.29, 1.82) is 0 Å². The summed E-state index contributed by atoms with van der Waals surface area (Å²) in [6, 6.07) is 3.87. The third-order valence-corrected chi connectivity index (χ3v) is 3.93. The summed E-state index contributed by atoms with van der Waals surface area (Å²) in [6.07, 6.45) is 0.381. The zero-order valence-corrected chi connectivity index (χ0v) is 14.4. The summed E-state index contributed by atoms with van der Waals surface area (Å²) in [5.41, 5.74) is -0.825. The number of imide groups is 1. The monoisotopic (exact) mass is 385 g/mol. The molecule has 0 aromatic heterocycles. The Morgan fingerprint density at radius 2 is 2.09 bits per heavy atom. The average molecular weight is 386 g/mol. The van der Waals surface area contributed by atoms with Crippen LogP contribution < -0.4 is 10.6 Å². The van der Waals surface area contributed by atoms with E-state index in [2.05, 4.69) is 26.6 Å². The Kier molecular flexibility index (Phi) is 5.03. The Morgan fingerprint density at radius 1 is 1.39 bits per heavy atom. The van der Waals surface area contributed by atoms with E-state index in [4.69, 9.17) is 0 Å². The average Bonchev–Trinajstić information content (AvgIpc) is 2.63. The molecule has 8 heteroatoms. The molecule has 6 nitrogen and oxygen atoms in total. The highest BCUT2D eigenvalue weighted by molar-refractivity contribution is 9.10. The first-order valence-corrected chi connectivity index (χ1v) is 7.89. The van der Waals surface area contributed by atoms with Crippen LogP contribution in [0.1, 0.15) is 26.7 Å². The van der Waals surface area contributed by atoms with Crippen molar-refractivity contribution in [3.63, 3.8) is 0 Å². The van der Waals surface area contributed by atoms with Gasteiger partial charge >= 0.3 is 6.03 Å². The number of benzene rings is 1. The summed E-state index contributed by atoms with van der Waals surface area (Å²) in [5, 5.41) is 5.03. The molecule has 1 aliphatic rings. The van der Waals surface area contributed by atoms with Crippen molar-refractivity contribution < 1.29 is 18.8 Å². The number of carbonyl (C=O) groups excluding carboxylic acids is 3. The molecule has 1 aromatic carbocycles. The molecule has 124 valence electrons. The van der Waals surface area contributed by atoms with Crippen molar-refractivity contribution in [2.24, 2.45) is 0 Å². The molecule has 1 fully saturated rings. The van der Waals surface area contributed by atoms with Crippen LogP contribution in [0.4, 0.5) is 14.9 Å². The van der Waals surface area contributed by atoms with Gasteiger partial charge < -0.3 is 10.6 Å². The summed E-state index contributed by atoms with van der Waals surface area (Å²) < 4.78 is 14.2. The number of urea groups is 1. The quantitative estimate of drug-likeness (QED) is 0.764. The SMILES string of the molecule is CC1(C)NC(=O)N(CCCC(=O)Nc2ccc(Br)cc2F)C1=O. The van der Waals surface area contributed by atoms with Gasteiger partial charge in [-0.3, -0.25) is 14.5 Å². The maximum atomic E-state index is 13.6. The molecule has 23 heavy (non-hydrogen) atoms. The zero-order chi connectivity index (χ0) is 17.2. The standard InChI is InChI=1S/C15H17BrFN3O3/c1-15(2)13(22)20(14(23)19-15)7-3-4-12(21)18-11-6-5-9(16)8-10(11)17/h5-6,8H,3-4,7H2,1-2H3,(H,18,21)(H,19,23). The minimum absolute atomic E-state index is 0.0764. The number of nitrogens with one attached hydrogen (secondary N) is 2. The maximum Gasteiger partial charge on any atom is 0.325 e. The van der Waals surface area contributed by atoms with E-state index < -0.39 is 17.4 Å². The van der Waals surface area contributed by atoms with Gasteiger partial charge in [-0.1, -0.05) is 15.9 Å². The Balaban J connectivity index is 1.83. The van der Waals surface area contributed by atoms with Gasteiger partial charge in [0.25, 0.3) is 5.91 Å². The van der Waals surface area contributed by atoms with E-state index in [0.29, 0.717) is 10.9 Å². The molecule has 0 unspecified atom stereocenters. The highest BCUT2D eigenvalue weighted by Crippen LogP contribution is 2.20. The van der Waals surface area contributed by atoms with Gasteiger partial charge in [0.05, 0.1) is 5.69 Å². The summed E-state index contributed by atoms with van der Waals surface area (Å²) in [7, 11) is 0. The van der Waals surface area contributed by atoms with E-state index in [1.807, 2.05) is 0 Å². The Hall–Kier alpha value is -1.96. The normalized spacial score (nSPS) is 16.4. The third kappa shape index (κ3) is 4.07. The van der Waals surface area contributed by atoms with E-state index in [-0.39, 0.29) is 30.5 Å². The summed E-state index contributed by atoms with van der Waals surface area (Å²) in [6.45, 7) is 3.39. The van der Waals surface area contributed by atoms with Crippen molar-refractivity contribution in [3.8, 4) is 0 Å². The van der Waals surface area contributed by atoms with Crippen LogP contribution >= 0.6 is 15.9 Å². The molecule has 2 rings (SSSR count). The second kappa shape index (κ2) is 6.66. The first-order chi connectivity index (χ1) is 10.7. The maximum absolute atomic E-state index is 13.6. The fourth-order valence-electron chi connectivity index (χ4n) is 2.22. The fraction of sp³-hybridized carbons (Fsp3) is 0.400. The number of hydrogen-bond donors (Lipinski definition) is 2. The van der Waals surface area contributed by atoms with Crippen LogP contribution in [0.15, 0.2) is 22.7 Å². The second-order valence-electron chi connectivity index (χ2n) is 5.79. The van der Waals surface area contributed by atoms with Crippen molar-refractivity contribution >= 4 is 39.5 Å². The first kappa shape index (κ1) is 17.4. The minimum Gasteiger partial charge on any atom is -0.324 e. The van der Waals surface area contributed by atoms with Crippen molar-refractivity contribution in [1.82, 2.24) is 10.2 Å². The van der Waals surface area contributed by atoms with Gasteiger partial charge in [-0.15, -0.1) is 0 Å². The lowest BCUT2D eigenvalue weighted by Gasteiger charge is -2.15. The first-order valence-electron chi connectivity index (χ1n) is 7.10. The van der Waals surface area contributed by atoms with Crippen molar-refractivity contribution in [2.75, 3.05) is 11.9 Å². The van der Waals surface area contributed by atoms with Crippen molar-refractivity contribution in [2.45, 2.75) is 32.2 Å². The van der Waals surface area contributed by atoms with Crippen LogP contribution in [0.5, 0.6) is 0 Å². The molecule has 1 aliphatic heterocycles. The summed E-state index contributed by atoms with van der Waals surface area (Å²) in [5.74, 6) is -1.23. The fourth-order valence-corrected chi connectivity index (χ4v) is 2.56. The highest BCUT2D eigenvalue weighted by Gasteiger charge is 2.43. The van der Waals surface area contributed by atoms with E-state index in [9.17, 15) is 18.8 Å². The lowest BCUT2D eigenvalue weighted by atomic mass is 10.1. The molecule has 2 N–H and O–H groups in total. The lowest BCUT2D eigenvalue weighted by molar-refractivity contribution is -0.130. The number of carbonyl (C=O) groups is 3. The summed E-state index contributed by atoms with van der Waals surface area (Å²) >= 11 is 3.13. The molecular weight excluding hydrogens is 369 g/mol. The topological polar surface area (TPSA) is 78.5 Å². The number of amides is 4. The van der Waals surface area contributed by atoms with E-state index in [0.717, 1.165) is 4.90 Å². The van der Waals surface area contributed by atoms with Crippen LogP contribution in [0.3, 0.4) is 0 Å². The largest absolute Gasteiger partial charge is 0.325 e. The van der Waals surface area contributed by atoms with E-state index in [1.165, 1.54) is 12.1 Å². The predicted octanol–water partition coefficient (Wildman–Crippen LogP) is 2.64. The molecule has 0 saturated carbocycles. The van der Waals surface area contributed by atoms with Gasteiger partial charge in [-0.2, -0.15) is 0 Å². The minimum atomic E-state index is -0.917. The number of halogens is 2. The number of rotatable bonds is 5. The third-order valence-electron chi connectivity index (χ3n) is 3.44. The Morgan fingerprint density at radius 3 is 2.65 bits per heavy atom. The predicted molar refractivity (Wildman–Crippen MR) is 86.3 cm³/mol. The van der Waals surface area contributed by atoms with Gasteiger partial charge in [0.2, 0.25) is 5.91 Å². The lowest BCUT2D eigenvalue weighted by Crippen LogP contribution is -2.40. The molecule has 1 saturated heterocycles. The van der Waals surface area contributed by atoms with Crippen LogP contribution in [0, 0.1) is 5.82 Å². The highest BCUT2D eigenvalue weighted by atomic mass is 79.9. The number of hydrogen-bond acceptors (Lipinski definition) is 3. The van der Waals surface area contributed by atoms with Crippen molar-refractivity contribution in [3.05, 3.63) is 28.5 Å². The second-order valence-corrected chi connectivity index (χ2v) is 6.70. The van der Waals surface area contributed by atoms with Crippen LogP contribution in [-0.4, -0.2) is 34.8 Å². The Labute approximate surface area is 141 Å².